The third-order valence-corrected chi connectivity index (χ3v) is 2.28. The minimum absolute atomic E-state index is 0. The van der Waals surface area contributed by atoms with Crippen molar-refractivity contribution in [3.05, 3.63) is 53.8 Å². The first kappa shape index (κ1) is 14.0. The third kappa shape index (κ3) is 5.44. The Balaban J connectivity index is 0.00000196. The van der Waals surface area contributed by atoms with Crippen molar-refractivity contribution in [2.24, 2.45) is 5.73 Å². The van der Waals surface area contributed by atoms with E-state index in [-0.39, 0.29) is 12.4 Å². The van der Waals surface area contributed by atoms with E-state index in [2.05, 4.69) is 36.6 Å². The second kappa shape index (κ2) is 8.31. The van der Waals surface area contributed by atoms with Gasteiger partial charge in [0.2, 0.25) is 0 Å². The molecule has 0 aromatic heterocycles. The Morgan fingerprint density at radius 1 is 1.27 bits per heavy atom. The fraction of sp³-hybridized carbons (Fsp3) is 0.308. The van der Waals surface area contributed by atoms with Crippen molar-refractivity contribution < 1.29 is 0 Å². The van der Waals surface area contributed by atoms with E-state index >= 15 is 0 Å². The van der Waals surface area contributed by atoms with E-state index in [0.29, 0.717) is 6.54 Å². The van der Waals surface area contributed by atoms with E-state index in [1.807, 2.05) is 6.07 Å². The molecule has 1 aromatic rings. The van der Waals surface area contributed by atoms with Crippen LogP contribution in [0.15, 0.2) is 48.2 Å². The highest BCUT2D eigenvalue weighted by molar-refractivity contribution is 5.85. The predicted octanol–water partition coefficient (Wildman–Crippen LogP) is 3.10. The molecule has 0 radical (unpaired) electrons. The molecule has 2 N–H and O–H groups in total. The summed E-state index contributed by atoms with van der Waals surface area (Å²) in [4.78, 5) is 0. The molecule has 1 nitrogen and oxygen atoms in total. The molecular formula is C13H18ClN. The molecule has 0 aliphatic carbocycles. The molecule has 2 heteroatoms. The summed E-state index contributed by atoms with van der Waals surface area (Å²) >= 11 is 0. The Hall–Kier alpha value is -1.01. The highest BCUT2D eigenvalue weighted by atomic mass is 35.5. The summed E-state index contributed by atoms with van der Waals surface area (Å²) in [5, 5.41) is 0. The number of benzene rings is 1. The third-order valence-electron chi connectivity index (χ3n) is 2.28. The summed E-state index contributed by atoms with van der Waals surface area (Å²) < 4.78 is 0. The average molecular weight is 224 g/mol. The van der Waals surface area contributed by atoms with Gasteiger partial charge >= 0.3 is 0 Å². The second-order valence-corrected chi connectivity index (χ2v) is 3.32. The first-order valence-corrected chi connectivity index (χ1v) is 4.98. The van der Waals surface area contributed by atoms with Crippen molar-refractivity contribution in [1.82, 2.24) is 0 Å². The first-order valence-electron chi connectivity index (χ1n) is 4.98. The van der Waals surface area contributed by atoms with Crippen LogP contribution in [0.2, 0.25) is 0 Å². The summed E-state index contributed by atoms with van der Waals surface area (Å²) in [5.41, 5.74) is 10.9. The predicted molar refractivity (Wildman–Crippen MR) is 68.3 cm³/mol. The highest BCUT2D eigenvalue weighted by Gasteiger charge is 1.95. The Bertz CT molecular complexity index is 313. The lowest BCUT2D eigenvalue weighted by molar-refractivity contribution is 0.798. The largest absolute Gasteiger partial charge is 0.326 e. The van der Waals surface area contributed by atoms with Crippen LogP contribution in [-0.2, 0) is 6.42 Å². The van der Waals surface area contributed by atoms with Gasteiger partial charge in [-0.05, 0) is 30.4 Å². The molecular weight excluding hydrogens is 206 g/mol. The van der Waals surface area contributed by atoms with Crippen molar-refractivity contribution in [3.63, 3.8) is 0 Å². The van der Waals surface area contributed by atoms with Crippen LogP contribution in [0.25, 0.3) is 0 Å². The van der Waals surface area contributed by atoms with Crippen LogP contribution in [0, 0.1) is 0 Å². The zero-order valence-electron chi connectivity index (χ0n) is 8.91. The molecule has 0 aliphatic rings. The van der Waals surface area contributed by atoms with Gasteiger partial charge in [-0.3, -0.25) is 0 Å². The summed E-state index contributed by atoms with van der Waals surface area (Å²) in [7, 11) is 0. The number of hydrogen-bond donors (Lipinski definition) is 1. The van der Waals surface area contributed by atoms with Gasteiger partial charge in [0.15, 0.2) is 0 Å². The average Bonchev–Trinajstić information content (AvgIpc) is 2.26. The summed E-state index contributed by atoms with van der Waals surface area (Å²) in [6.45, 7) is 4.20. The van der Waals surface area contributed by atoms with E-state index in [1.54, 1.807) is 0 Å². The quantitative estimate of drug-likeness (QED) is 0.763. The molecule has 1 aromatic carbocycles. The Kier molecular flexibility index (Phi) is 7.75. The number of nitrogens with two attached hydrogens (primary N) is 1. The Labute approximate surface area is 98.1 Å². The van der Waals surface area contributed by atoms with Crippen molar-refractivity contribution in [1.29, 1.82) is 0 Å². The van der Waals surface area contributed by atoms with E-state index in [0.717, 1.165) is 24.8 Å². The molecule has 82 valence electrons. The molecule has 0 saturated carbocycles. The van der Waals surface area contributed by atoms with Gasteiger partial charge in [-0.1, -0.05) is 36.9 Å². The lowest BCUT2D eigenvalue weighted by atomic mass is 10.0. The number of halogens is 1. The molecule has 0 bridgehead atoms. The van der Waals surface area contributed by atoms with Crippen LogP contribution in [0.3, 0.4) is 0 Å². The van der Waals surface area contributed by atoms with Gasteiger partial charge in [0.05, 0.1) is 0 Å². The van der Waals surface area contributed by atoms with Crippen LogP contribution in [0.1, 0.15) is 18.4 Å². The van der Waals surface area contributed by atoms with Gasteiger partial charge in [0, 0.05) is 6.54 Å². The van der Waals surface area contributed by atoms with Crippen molar-refractivity contribution in [3.8, 4) is 0 Å². The van der Waals surface area contributed by atoms with Crippen LogP contribution in [0.5, 0.6) is 0 Å². The smallest absolute Gasteiger partial charge is 0.0213 e. The van der Waals surface area contributed by atoms with E-state index in [9.17, 15) is 0 Å². The van der Waals surface area contributed by atoms with Gasteiger partial charge < -0.3 is 5.73 Å². The van der Waals surface area contributed by atoms with Crippen molar-refractivity contribution in [2.75, 3.05) is 6.54 Å². The monoisotopic (exact) mass is 223 g/mol. The van der Waals surface area contributed by atoms with Crippen LogP contribution in [-0.4, -0.2) is 6.54 Å². The van der Waals surface area contributed by atoms with E-state index < -0.39 is 0 Å². The van der Waals surface area contributed by atoms with E-state index in [1.165, 1.54) is 5.56 Å². The second-order valence-electron chi connectivity index (χ2n) is 3.32. The maximum absolute atomic E-state index is 5.52. The van der Waals surface area contributed by atoms with Gasteiger partial charge in [-0.15, -0.1) is 18.1 Å². The molecule has 0 aliphatic heterocycles. The summed E-state index contributed by atoms with van der Waals surface area (Å²) in [6.07, 6.45) is 3.24. The maximum Gasteiger partial charge on any atom is 0.0213 e. The molecule has 0 saturated heterocycles. The van der Waals surface area contributed by atoms with E-state index in [4.69, 9.17) is 5.73 Å². The van der Waals surface area contributed by atoms with Gasteiger partial charge in [-0.25, -0.2) is 0 Å². The minimum atomic E-state index is 0. The first-order chi connectivity index (χ1) is 6.86. The standard InChI is InChI=1S/C13H17N.ClH/c1-2-12(11-14)9-6-10-13-7-4-3-5-8-13;/h3-5,7-8H,1,6,9-11,14H2;1H. The van der Waals surface area contributed by atoms with Gasteiger partial charge in [0.25, 0.3) is 0 Å². The topological polar surface area (TPSA) is 26.0 Å². The molecule has 0 heterocycles. The molecule has 0 fully saturated rings. The molecule has 15 heavy (non-hydrogen) atoms. The maximum atomic E-state index is 5.52. The number of aryl methyl sites for hydroxylation is 1. The molecule has 0 amide bonds. The van der Waals surface area contributed by atoms with Crippen LogP contribution < -0.4 is 5.73 Å². The zero-order valence-corrected chi connectivity index (χ0v) is 9.72. The lowest BCUT2D eigenvalue weighted by Gasteiger charge is -2.02. The Morgan fingerprint density at radius 2 is 1.93 bits per heavy atom. The van der Waals surface area contributed by atoms with Crippen molar-refractivity contribution >= 4 is 12.4 Å². The number of rotatable bonds is 5. The SMILES string of the molecule is C=C=C(CN)CCCc1ccccc1.Cl. The zero-order chi connectivity index (χ0) is 10.2. The lowest BCUT2D eigenvalue weighted by Crippen LogP contribution is -2.02. The minimum Gasteiger partial charge on any atom is -0.326 e. The van der Waals surface area contributed by atoms with Crippen molar-refractivity contribution in [2.45, 2.75) is 19.3 Å². The fourth-order valence-electron chi connectivity index (χ4n) is 1.41. The highest BCUT2D eigenvalue weighted by Crippen LogP contribution is 2.08. The molecule has 1 rings (SSSR count). The normalized spacial score (nSPS) is 8.87. The molecule has 0 atom stereocenters. The summed E-state index contributed by atoms with van der Waals surface area (Å²) in [5.74, 6) is 0. The fourth-order valence-corrected chi connectivity index (χ4v) is 1.41. The van der Waals surface area contributed by atoms with Crippen LogP contribution >= 0.6 is 12.4 Å². The summed E-state index contributed by atoms with van der Waals surface area (Å²) in [6, 6.07) is 10.5. The van der Waals surface area contributed by atoms with Gasteiger partial charge in [0.1, 0.15) is 0 Å². The number of hydrogen-bond acceptors (Lipinski definition) is 1. The molecule has 0 unspecified atom stereocenters. The van der Waals surface area contributed by atoms with Crippen LogP contribution in [0.4, 0.5) is 0 Å². The van der Waals surface area contributed by atoms with Gasteiger partial charge in [-0.2, -0.15) is 0 Å². The molecule has 0 spiro atoms. The Morgan fingerprint density at radius 3 is 2.47 bits per heavy atom.